The first-order valence-corrected chi connectivity index (χ1v) is 10.0. The third-order valence-electron chi connectivity index (χ3n) is 5.25. The number of carbonyl (C=O) groups is 2. The van der Waals surface area contributed by atoms with Gasteiger partial charge in [0.15, 0.2) is 13.1 Å². The SMILES string of the molecule is CCC[NH+](CC(=O)Nc1ccccc1C)CC(=O)N1CCCC[C@@H]1CC. The predicted octanol–water partition coefficient (Wildman–Crippen LogP) is 2.02. The van der Waals surface area contributed by atoms with Gasteiger partial charge >= 0.3 is 0 Å². The molecule has 0 bridgehead atoms. The molecule has 1 aromatic carbocycles. The van der Waals surface area contributed by atoms with Gasteiger partial charge in [0.05, 0.1) is 6.54 Å². The van der Waals surface area contributed by atoms with Crippen LogP contribution < -0.4 is 10.2 Å². The Labute approximate surface area is 157 Å². The molecule has 0 aromatic heterocycles. The molecule has 0 radical (unpaired) electrons. The summed E-state index contributed by atoms with van der Waals surface area (Å²) >= 11 is 0. The molecule has 1 aliphatic heterocycles. The summed E-state index contributed by atoms with van der Waals surface area (Å²) in [6, 6.07) is 8.15. The number of rotatable bonds is 8. The van der Waals surface area contributed by atoms with E-state index < -0.39 is 0 Å². The molecule has 1 heterocycles. The minimum absolute atomic E-state index is 0.0266. The standard InChI is InChI=1S/C21H33N3O2/c1-4-13-23(15-20(25)22-19-12-7-6-10-17(19)3)16-21(26)24-14-9-8-11-18(24)5-2/h6-7,10,12,18H,4-5,8-9,11,13-16H2,1-3H3,(H,22,25)/p+1/t18-/m0/s1. The molecule has 2 atom stereocenters. The van der Waals surface area contributed by atoms with Gasteiger partial charge in [0.1, 0.15) is 0 Å². The predicted molar refractivity (Wildman–Crippen MR) is 105 cm³/mol. The van der Waals surface area contributed by atoms with Gasteiger partial charge in [-0.3, -0.25) is 9.59 Å². The van der Waals surface area contributed by atoms with Crippen LogP contribution in [0.3, 0.4) is 0 Å². The first kappa shape index (κ1) is 20.4. The number of benzene rings is 1. The average molecular weight is 361 g/mol. The summed E-state index contributed by atoms with van der Waals surface area (Å²) in [4.78, 5) is 28.4. The van der Waals surface area contributed by atoms with Crippen LogP contribution in [-0.2, 0) is 9.59 Å². The van der Waals surface area contributed by atoms with Crippen molar-refractivity contribution in [2.24, 2.45) is 0 Å². The summed E-state index contributed by atoms with van der Waals surface area (Å²) in [5, 5.41) is 2.99. The number of quaternary nitrogens is 1. The second-order valence-electron chi connectivity index (χ2n) is 7.36. The summed E-state index contributed by atoms with van der Waals surface area (Å²) in [5.41, 5.74) is 1.90. The van der Waals surface area contributed by atoms with Crippen LogP contribution in [0.5, 0.6) is 0 Å². The molecule has 2 N–H and O–H groups in total. The second kappa shape index (κ2) is 10.3. The topological polar surface area (TPSA) is 53.9 Å². The molecule has 1 fully saturated rings. The van der Waals surface area contributed by atoms with Gasteiger partial charge in [0.25, 0.3) is 11.8 Å². The molecule has 1 aromatic rings. The number of nitrogens with zero attached hydrogens (tertiary/aromatic N) is 1. The third-order valence-corrected chi connectivity index (χ3v) is 5.25. The zero-order chi connectivity index (χ0) is 18.9. The molecule has 0 saturated carbocycles. The molecule has 144 valence electrons. The van der Waals surface area contributed by atoms with Crippen molar-refractivity contribution in [3.05, 3.63) is 29.8 Å². The summed E-state index contributed by atoms with van der Waals surface area (Å²) in [6.45, 7) is 8.67. The molecule has 1 saturated heterocycles. The lowest BCUT2D eigenvalue weighted by molar-refractivity contribution is -0.884. The molecule has 2 rings (SSSR count). The van der Waals surface area contributed by atoms with Crippen molar-refractivity contribution in [3.63, 3.8) is 0 Å². The Morgan fingerprint density at radius 1 is 1.19 bits per heavy atom. The van der Waals surface area contributed by atoms with E-state index in [1.165, 1.54) is 6.42 Å². The molecular weight excluding hydrogens is 326 g/mol. The van der Waals surface area contributed by atoms with Gasteiger partial charge < -0.3 is 15.1 Å². The molecule has 1 unspecified atom stereocenters. The summed E-state index contributed by atoms with van der Waals surface area (Å²) in [5.74, 6) is 0.171. The second-order valence-corrected chi connectivity index (χ2v) is 7.36. The van der Waals surface area contributed by atoms with E-state index in [0.29, 0.717) is 19.1 Å². The van der Waals surface area contributed by atoms with E-state index in [-0.39, 0.29) is 11.8 Å². The quantitative estimate of drug-likeness (QED) is 0.745. The maximum Gasteiger partial charge on any atom is 0.279 e. The fourth-order valence-corrected chi connectivity index (χ4v) is 3.80. The highest BCUT2D eigenvalue weighted by atomic mass is 16.2. The number of likely N-dealkylation sites (tertiary alicyclic amines) is 1. The molecule has 0 aliphatic carbocycles. The Balaban J connectivity index is 1.93. The van der Waals surface area contributed by atoms with E-state index in [0.717, 1.165) is 54.9 Å². The minimum atomic E-state index is -0.0266. The number of nitrogens with one attached hydrogen (secondary N) is 2. The van der Waals surface area contributed by atoms with Crippen LogP contribution in [0.1, 0.15) is 51.5 Å². The molecule has 1 aliphatic rings. The van der Waals surface area contributed by atoms with E-state index in [1.807, 2.05) is 31.2 Å². The van der Waals surface area contributed by atoms with Crippen molar-refractivity contribution in [2.75, 3.05) is 31.5 Å². The van der Waals surface area contributed by atoms with Crippen molar-refractivity contribution in [3.8, 4) is 0 Å². The highest BCUT2D eigenvalue weighted by molar-refractivity contribution is 5.92. The van der Waals surface area contributed by atoms with Crippen LogP contribution in [0.2, 0.25) is 0 Å². The van der Waals surface area contributed by atoms with Crippen LogP contribution in [-0.4, -0.2) is 48.9 Å². The van der Waals surface area contributed by atoms with Crippen molar-refractivity contribution in [2.45, 2.75) is 58.9 Å². The van der Waals surface area contributed by atoms with E-state index >= 15 is 0 Å². The maximum atomic E-state index is 12.8. The lowest BCUT2D eigenvalue weighted by Gasteiger charge is -2.35. The normalized spacial score (nSPS) is 18.4. The zero-order valence-electron chi connectivity index (χ0n) is 16.5. The lowest BCUT2D eigenvalue weighted by atomic mass is 10.00. The van der Waals surface area contributed by atoms with Crippen molar-refractivity contribution in [1.82, 2.24) is 4.90 Å². The maximum absolute atomic E-state index is 12.8. The van der Waals surface area contributed by atoms with Crippen molar-refractivity contribution < 1.29 is 14.5 Å². The van der Waals surface area contributed by atoms with E-state index in [4.69, 9.17) is 0 Å². The summed E-state index contributed by atoms with van der Waals surface area (Å²) < 4.78 is 0. The Hall–Kier alpha value is -1.88. The zero-order valence-corrected chi connectivity index (χ0v) is 16.5. The molecule has 5 nitrogen and oxygen atoms in total. The molecule has 26 heavy (non-hydrogen) atoms. The first-order chi connectivity index (χ1) is 12.5. The third kappa shape index (κ3) is 5.84. The minimum Gasteiger partial charge on any atom is -0.335 e. The number of amides is 2. The average Bonchev–Trinajstić information content (AvgIpc) is 2.63. The molecule has 0 spiro atoms. The Morgan fingerprint density at radius 2 is 1.96 bits per heavy atom. The number of para-hydroxylation sites is 1. The largest absolute Gasteiger partial charge is 0.335 e. The monoisotopic (exact) mass is 360 g/mol. The Bertz CT molecular complexity index is 603. The molecule has 5 heteroatoms. The van der Waals surface area contributed by atoms with Crippen LogP contribution in [0.25, 0.3) is 0 Å². The van der Waals surface area contributed by atoms with E-state index in [1.54, 1.807) is 0 Å². The Kier molecular flexibility index (Phi) is 8.10. The van der Waals surface area contributed by atoms with Crippen LogP contribution in [0, 0.1) is 6.92 Å². The van der Waals surface area contributed by atoms with Gasteiger partial charge in [0, 0.05) is 18.3 Å². The number of carbonyl (C=O) groups excluding carboxylic acids is 2. The van der Waals surface area contributed by atoms with Gasteiger partial charge in [-0.05, 0) is 50.7 Å². The highest BCUT2D eigenvalue weighted by Crippen LogP contribution is 2.19. The van der Waals surface area contributed by atoms with Crippen LogP contribution in [0.4, 0.5) is 5.69 Å². The fraction of sp³-hybridized carbons (Fsp3) is 0.619. The number of piperidine rings is 1. The molecule has 2 amide bonds. The van der Waals surface area contributed by atoms with Gasteiger partial charge in [0.2, 0.25) is 0 Å². The summed E-state index contributed by atoms with van der Waals surface area (Å²) in [7, 11) is 0. The van der Waals surface area contributed by atoms with Gasteiger partial charge in [-0.1, -0.05) is 32.0 Å². The van der Waals surface area contributed by atoms with Gasteiger partial charge in [-0.2, -0.15) is 0 Å². The number of hydrogen-bond donors (Lipinski definition) is 2. The number of hydrogen-bond acceptors (Lipinski definition) is 2. The van der Waals surface area contributed by atoms with E-state index in [9.17, 15) is 9.59 Å². The smallest absolute Gasteiger partial charge is 0.279 e. The number of anilines is 1. The van der Waals surface area contributed by atoms with E-state index in [2.05, 4.69) is 24.1 Å². The van der Waals surface area contributed by atoms with Crippen LogP contribution >= 0.6 is 0 Å². The van der Waals surface area contributed by atoms with Gasteiger partial charge in [-0.15, -0.1) is 0 Å². The molecular formula is C21H34N3O2+. The van der Waals surface area contributed by atoms with Crippen molar-refractivity contribution in [1.29, 1.82) is 0 Å². The van der Waals surface area contributed by atoms with Gasteiger partial charge in [-0.25, -0.2) is 0 Å². The fourth-order valence-electron chi connectivity index (χ4n) is 3.80. The summed E-state index contributed by atoms with van der Waals surface area (Å²) in [6.07, 6.45) is 5.39. The highest BCUT2D eigenvalue weighted by Gasteiger charge is 2.28. The Morgan fingerprint density at radius 3 is 2.65 bits per heavy atom. The number of aryl methyl sites for hydroxylation is 1. The lowest BCUT2D eigenvalue weighted by Crippen LogP contribution is -3.14. The van der Waals surface area contributed by atoms with Crippen LogP contribution in [0.15, 0.2) is 24.3 Å². The van der Waals surface area contributed by atoms with Crippen molar-refractivity contribution >= 4 is 17.5 Å². The first-order valence-electron chi connectivity index (χ1n) is 10.0.